The molecule has 0 aromatic heterocycles. The van der Waals surface area contributed by atoms with Gasteiger partial charge in [0.05, 0.1) is 39.6 Å². The highest BCUT2D eigenvalue weighted by Crippen LogP contribution is 2.51. The van der Waals surface area contributed by atoms with Crippen molar-refractivity contribution in [2.24, 2.45) is 10.8 Å². The van der Waals surface area contributed by atoms with Crippen LogP contribution < -0.4 is 9.47 Å². The van der Waals surface area contributed by atoms with E-state index in [0.29, 0.717) is 13.2 Å². The van der Waals surface area contributed by atoms with Gasteiger partial charge in [-0.2, -0.15) is 0 Å². The Kier molecular flexibility index (Phi) is 7.19. The van der Waals surface area contributed by atoms with Crippen molar-refractivity contribution >= 4 is 43.1 Å². The van der Waals surface area contributed by atoms with Gasteiger partial charge >= 0.3 is 0 Å². The molecule has 0 amide bonds. The van der Waals surface area contributed by atoms with Crippen molar-refractivity contribution in [3.63, 3.8) is 0 Å². The first-order valence-corrected chi connectivity index (χ1v) is 16.8. The van der Waals surface area contributed by atoms with Crippen LogP contribution in [0.25, 0.3) is 54.2 Å². The number of hydrogen-bond acceptors (Lipinski definition) is 4. The van der Waals surface area contributed by atoms with Crippen molar-refractivity contribution in [1.29, 1.82) is 0 Å². The first kappa shape index (κ1) is 29.3. The average Bonchev–Trinajstić information content (AvgIpc) is 3.06. The molecule has 4 nitrogen and oxygen atoms in total. The maximum Gasteiger partial charge on any atom is 0.135 e. The second-order valence-electron chi connectivity index (χ2n) is 14.1. The Labute approximate surface area is 271 Å². The van der Waals surface area contributed by atoms with Gasteiger partial charge in [-0.3, -0.25) is 0 Å². The molecule has 0 aliphatic carbocycles. The van der Waals surface area contributed by atoms with Gasteiger partial charge in [-0.25, -0.2) is 0 Å². The Morgan fingerprint density at radius 3 is 1.22 bits per heavy atom. The van der Waals surface area contributed by atoms with Crippen molar-refractivity contribution in [1.82, 2.24) is 0 Å². The van der Waals surface area contributed by atoms with Crippen molar-refractivity contribution in [2.45, 2.75) is 40.5 Å². The van der Waals surface area contributed by atoms with Crippen LogP contribution in [0, 0.1) is 10.8 Å². The van der Waals surface area contributed by atoms with Crippen LogP contribution in [0.3, 0.4) is 0 Å². The minimum absolute atomic E-state index is 0.0364. The Morgan fingerprint density at radius 2 is 0.870 bits per heavy atom. The quantitative estimate of drug-likeness (QED) is 0.153. The number of benzene rings is 6. The van der Waals surface area contributed by atoms with Crippen molar-refractivity contribution in [2.75, 3.05) is 39.6 Å². The third-order valence-electron chi connectivity index (χ3n) is 10.1. The second kappa shape index (κ2) is 11.3. The molecule has 234 valence electrons. The van der Waals surface area contributed by atoms with Crippen molar-refractivity contribution < 1.29 is 18.9 Å². The van der Waals surface area contributed by atoms with Gasteiger partial charge in [0.15, 0.2) is 0 Å². The smallest absolute Gasteiger partial charge is 0.135 e. The molecular weight excluding hydrogens is 568 g/mol. The van der Waals surface area contributed by atoms with E-state index < -0.39 is 0 Å². The number of ether oxygens (including phenoxy) is 4. The Balaban J connectivity index is 1.48. The standard InChI is InChI=1S/C42H42O4/c1-5-27-13-11-19-33-35(27)39(45-25-41(3)21-43-22-41)31-17-9-7-15-29(31)37(33)38-30-16-8-10-18-32(30)40(46-26-42(4)23-44-24-42)36-28(6-2)14-12-20-34(36)38/h7-20H,5-6,21-26H2,1-4H3. The highest BCUT2D eigenvalue weighted by atomic mass is 16.5. The van der Waals surface area contributed by atoms with Gasteiger partial charge in [-0.05, 0) is 56.6 Å². The van der Waals surface area contributed by atoms with Crippen LogP contribution in [0.5, 0.6) is 11.5 Å². The van der Waals surface area contributed by atoms with Gasteiger partial charge in [-0.1, -0.05) is 113 Å². The minimum atomic E-state index is 0.0364. The van der Waals surface area contributed by atoms with E-state index in [1.54, 1.807) is 0 Å². The van der Waals surface area contributed by atoms with Crippen LogP contribution in [-0.2, 0) is 22.3 Å². The Bertz CT molecular complexity index is 1970. The van der Waals surface area contributed by atoms with Crippen LogP contribution >= 0.6 is 0 Å². The predicted octanol–water partition coefficient (Wildman–Crippen LogP) is 9.92. The molecule has 4 heteroatoms. The first-order chi connectivity index (χ1) is 22.4. The summed E-state index contributed by atoms with van der Waals surface area (Å²) in [5.74, 6) is 1.97. The molecule has 6 aromatic carbocycles. The normalized spacial score (nSPS) is 16.9. The number of rotatable bonds is 9. The van der Waals surface area contributed by atoms with Crippen molar-refractivity contribution in [3.05, 3.63) is 96.1 Å². The lowest BCUT2D eigenvalue weighted by atomic mass is 9.83. The highest BCUT2D eigenvalue weighted by molar-refractivity contribution is 6.27. The van der Waals surface area contributed by atoms with Gasteiger partial charge in [-0.15, -0.1) is 0 Å². The van der Waals surface area contributed by atoms with E-state index >= 15 is 0 Å². The zero-order valence-corrected chi connectivity index (χ0v) is 27.4. The molecule has 0 unspecified atom stereocenters. The predicted molar refractivity (Wildman–Crippen MR) is 189 cm³/mol. The number of fused-ring (bicyclic) bond motifs is 4. The van der Waals surface area contributed by atoms with Gasteiger partial charge in [0.1, 0.15) is 11.5 Å². The molecule has 0 atom stereocenters. The van der Waals surface area contributed by atoms with E-state index in [4.69, 9.17) is 18.9 Å². The summed E-state index contributed by atoms with van der Waals surface area (Å²) in [6.07, 6.45) is 1.84. The molecular formula is C42H42O4. The molecule has 8 rings (SSSR count). The van der Waals surface area contributed by atoms with E-state index in [9.17, 15) is 0 Å². The summed E-state index contributed by atoms with van der Waals surface area (Å²) in [6.45, 7) is 13.2. The Morgan fingerprint density at radius 1 is 0.500 bits per heavy atom. The summed E-state index contributed by atoms with van der Waals surface area (Å²) in [6, 6.07) is 31.2. The van der Waals surface area contributed by atoms with Crippen LogP contribution in [0.1, 0.15) is 38.8 Å². The first-order valence-electron chi connectivity index (χ1n) is 16.8. The minimum Gasteiger partial charge on any atom is -0.492 e. The van der Waals surface area contributed by atoms with Gasteiger partial charge in [0, 0.05) is 32.4 Å². The maximum atomic E-state index is 6.87. The molecule has 46 heavy (non-hydrogen) atoms. The number of aryl methyl sites for hydroxylation is 2. The van der Waals surface area contributed by atoms with Crippen LogP contribution in [0.4, 0.5) is 0 Å². The lowest BCUT2D eigenvalue weighted by molar-refractivity contribution is -0.120. The summed E-state index contributed by atoms with van der Waals surface area (Å²) in [4.78, 5) is 0. The SMILES string of the molecule is CCc1cccc2c(-c3c4ccccc4c(OCC4(C)COC4)c4c(CC)cccc34)c3ccccc3c(OCC3(C)COC3)c12. The molecule has 2 saturated heterocycles. The molecule has 2 fully saturated rings. The molecule has 6 aromatic rings. The van der Waals surface area contributed by atoms with Crippen molar-refractivity contribution in [3.8, 4) is 22.6 Å². The summed E-state index contributed by atoms with van der Waals surface area (Å²) in [5.41, 5.74) is 5.18. The van der Waals surface area contributed by atoms with Crippen LogP contribution in [-0.4, -0.2) is 39.6 Å². The largest absolute Gasteiger partial charge is 0.492 e. The molecule has 0 saturated carbocycles. The third-order valence-corrected chi connectivity index (χ3v) is 10.1. The zero-order valence-electron chi connectivity index (χ0n) is 27.4. The fraction of sp³-hybridized carbons (Fsp3) is 0.333. The van der Waals surface area contributed by atoms with E-state index in [2.05, 4.69) is 113 Å². The number of hydrogen-bond donors (Lipinski definition) is 0. The second-order valence-corrected chi connectivity index (χ2v) is 14.1. The van der Waals surface area contributed by atoms with Crippen LogP contribution in [0.2, 0.25) is 0 Å². The Hall–Kier alpha value is -4.12. The molecule has 2 aliphatic rings. The van der Waals surface area contributed by atoms with E-state index in [0.717, 1.165) is 61.5 Å². The topological polar surface area (TPSA) is 36.9 Å². The zero-order chi connectivity index (χ0) is 31.5. The molecule has 0 bridgehead atoms. The maximum absolute atomic E-state index is 6.87. The summed E-state index contributed by atoms with van der Waals surface area (Å²) in [5, 5.41) is 9.58. The molecule has 2 heterocycles. The van der Waals surface area contributed by atoms with E-state index in [1.807, 2.05) is 0 Å². The third kappa shape index (κ3) is 4.65. The van der Waals surface area contributed by atoms with Crippen LogP contribution in [0.15, 0.2) is 84.9 Å². The lowest BCUT2D eigenvalue weighted by Crippen LogP contribution is -2.44. The van der Waals surface area contributed by atoms with E-state index in [1.165, 1.54) is 54.6 Å². The fourth-order valence-corrected chi connectivity index (χ4v) is 7.50. The van der Waals surface area contributed by atoms with E-state index in [-0.39, 0.29) is 10.8 Å². The lowest BCUT2D eigenvalue weighted by Gasteiger charge is -2.38. The average molecular weight is 611 g/mol. The summed E-state index contributed by atoms with van der Waals surface area (Å²) in [7, 11) is 0. The highest BCUT2D eigenvalue weighted by Gasteiger charge is 2.36. The molecule has 0 spiro atoms. The summed E-state index contributed by atoms with van der Waals surface area (Å²) < 4.78 is 24.9. The fourth-order valence-electron chi connectivity index (χ4n) is 7.50. The van der Waals surface area contributed by atoms with Gasteiger partial charge in [0.25, 0.3) is 0 Å². The van der Waals surface area contributed by atoms with Gasteiger partial charge < -0.3 is 18.9 Å². The monoisotopic (exact) mass is 610 g/mol. The molecule has 0 radical (unpaired) electrons. The van der Waals surface area contributed by atoms with Gasteiger partial charge in [0.2, 0.25) is 0 Å². The molecule has 2 aliphatic heterocycles. The molecule has 0 N–H and O–H groups in total. The summed E-state index contributed by atoms with van der Waals surface area (Å²) >= 11 is 0.